The van der Waals surface area contributed by atoms with Crippen LogP contribution in [0.5, 0.6) is 0 Å². The molecule has 0 aliphatic heterocycles. The van der Waals surface area contributed by atoms with Gasteiger partial charge in [0.15, 0.2) is 5.16 Å². The Balaban J connectivity index is 1.76. The summed E-state index contributed by atoms with van der Waals surface area (Å²) in [5.74, 6) is 2.77. The minimum absolute atomic E-state index is 0.778. The van der Waals surface area contributed by atoms with Gasteiger partial charge in [0.2, 0.25) is 0 Å². The Morgan fingerprint density at radius 2 is 1.91 bits per heavy atom. The van der Waals surface area contributed by atoms with E-state index in [-0.39, 0.29) is 0 Å². The minimum atomic E-state index is 0.778. The maximum absolute atomic E-state index is 4.56. The molecule has 0 spiro atoms. The zero-order valence-corrected chi connectivity index (χ0v) is 14.5. The second-order valence-electron chi connectivity index (χ2n) is 5.45. The van der Waals surface area contributed by atoms with Gasteiger partial charge in [0.25, 0.3) is 0 Å². The van der Waals surface area contributed by atoms with Gasteiger partial charge in [0.1, 0.15) is 11.6 Å². The lowest BCUT2D eigenvalue weighted by atomic mass is 10.2. The highest BCUT2D eigenvalue weighted by Gasteiger charge is 2.12. The van der Waals surface area contributed by atoms with E-state index in [2.05, 4.69) is 50.4 Å². The summed E-state index contributed by atoms with van der Waals surface area (Å²) in [5, 5.41) is 9.49. The molecule has 6 heteroatoms. The van der Waals surface area contributed by atoms with Gasteiger partial charge in [-0.15, -0.1) is 10.2 Å². The topological polar surface area (TPSA) is 48.5 Å². The first-order valence-corrected chi connectivity index (χ1v) is 8.78. The number of hydrogen-bond donors (Lipinski definition) is 0. The lowest BCUT2D eigenvalue weighted by molar-refractivity contribution is 0.636. The zero-order chi connectivity index (χ0) is 16.2. The van der Waals surface area contributed by atoms with Crippen LogP contribution in [0.15, 0.2) is 41.7 Å². The van der Waals surface area contributed by atoms with Crippen LogP contribution in [-0.2, 0) is 19.3 Å². The van der Waals surface area contributed by atoms with E-state index in [1.807, 2.05) is 31.3 Å². The van der Waals surface area contributed by atoms with Gasteiger partial charge in [0, 0.05) is 13.6 Å². The SMILES string of the molecule is CCCn1c(C)nnc1CSc1ncc(-c2ccccc2)n1C. The third-order valence-electron chi connectivity index (χ3n) is 3.81. The second-order valence-corrected chi connectivity index (χ2v) is 6.40. The van der Waals surface area contributed by atoms with Crippen LogP contribution in [-0.4, -0.2) is 24.3 Å². The molecule has 3 rings (SSSR count). The molecule has 0 N–H and O–H groups in total. The number of aromatic nitrogens is 5. The highest BCUT2D eigenvalue weighted by molar-refractivity contribution is 7.98. The number of nitrogens with zero attached hydrogens (tertiary/aromatic N) is 5. The van der Waals surface area contributed by atoms with Crippen LogP contribution >= 0.6 is 11.8 Å². The fourth-order valence-electron chi connectivity index (χ4n) is 2.58. The molecule has 0 aliphatic rings. The van der Waals surface area contributed by atoms with Gasteiger partial charge in [0.05, 0.1) is 17.6 Å². The summed E-state index contributed by atoms with van der Waals surface area (Å²) in [6, 6.07) is 10.3. The van der Waals surface area contributed by atoms with Crippen molar-refractivity contribution >= 4 is 11.8 Å². The zero-order valence-electron chi connectivity index (χ0n) is 13.7. The number of thioether (sulfide) groups is 1. The van der Waals surface area contributed by atoms with Crippen LogP contribution in [0.1, 0.15) is 25.0 Å². The monoisotopic (exact) mass is 327 g/mol. The Kier molecular flexibility index (Phi) is 4.81. The van der Waals surface area contributed by atoms with Crippen molar-refractivity contribution in [2.45, 2.75) is 37.7 Å². The number of benzene rings is 1. The van der Waals surface area contributed by atoms with E-state index < -0.39 is 0 Å². The third-order valence-corrected chi connectivity index (χ3v) is 4.85. The summed E-state index contributed by atoms with van der Waals surface area (Å²) in [4.78, 5) is 4.56. The molecule has 0 amide bonds. The maximum Gasteiger partial charge on any atom is 0.168 e. The standard InChI is InChI=1S/C17H21N5S/c1-4-10-22-13(2)19-20-16(22)12-23-17-18-11-15(21(17)3)14-8-6-5-7-9-14/h5-9,11H,4,10,12H2,1-3H3. The number of aryl methyl sites for hydroxylation is 1. The smallest absolute Gasteiger partial charge is 0.168 e. The minimum Gasteiger partial charge on any atom is -0.322 e. The highest BCUT2D eigenvalue weighted by atomic mass is 32.2. The fourth-order valence-corrected chi connectivity index (χ4v) is 3.47. The van der Waals surface area contributed by atoms with Crippen LogP contribution in [0, 0.1) is 6.92 Å². The van der Waals surface area contributed by atoms with Crippen LogP contribution in [0.2, 0.25) is 0 Å². The molecule has 0 radical (unpaired) electrons. The fraction of sp³-hybridized carbons (Fsp3) is 0.353. The van der Waals surface area contributed by atoms with Crippen LogP contribution in [0.25, 0.3) is 11.3 Å². The number of hydrogen-bond acceptors (Lipinski definition) is 4. The van der Waals surface area contributed by atoms with E-state index in [1.165, 1.54) is 5.56 Å². The maximum atomic E-state index is 4.56. The van der Waals surface area contributed by atoms with E-state index in [1.54, 1.807) is 11.8 Å². The Hall–Kier alpha value is -2.08. The lowest BCUT2D eigenvalue weighted by Gasteiger charge is -2.08. The van der Waals surface area contributed by atoms with Crippen LogP contribution < -0.4 is 0 Å². The van der Waals surface area contributed by atoms with Gasteiger partial charge in [-0.2, -0.15) is 0 Å². The molecule has 1 aromatic carbocycles. The van der Waals surface area contributed by atoms with E-state index in [4.69, 9.17) is 0 Å². The molecular weight excluding hydrogens is 306 g/mol. The number of rotatable bonds is 6. The van der Waals surface area contributed by atoms with Crippen molar-refractivity contribution in [2.75, 3.05) is 0 Å². The van der Waals surface area contributed by atoms with Gasteiger partial charge in [-0.1, -0.05) is 49.0 Å². The van der Waals surface area contributed by atoms with Gasteiger partial charge in [-0.25, -0.2) is 4.98 Å². The molecule has 0 atom stereocenters. The van der Waals surface area contributed by atoms with E-state index in [0.717, 1.165) is 41.2 Å². The number of imidazole rings is 1. The second kappa shape index (κ2) is 7.00. The molecule has 2 heterocycles. The van der Waals surface area contributed by atoms with Crippen molar-refractivity contribution in [3.05, 3.63) is 48.2 Å². The lowest BCUT2D eigenvalue weighted by Crippen LogP contribution is -2.04. The van der Waals surface area contributed by atoms with Crippen molar-refractivity contribution in [1.82, 2.24) is 24.3 Å². The largest absolute Gasteiger partial charge is 0.322 e. The quantitative estimate of drug-likeness (QED) is 0.648. The molecule has 0 bridgehead atoms. The first-order chi connectivity index (χ1) is 11.2. The van der Waals surface area contributed by atoms with E-state index >= 15 is 0 Å². The summed E-state index contributed by atoms with van der Waals surface area (Å²) >= 11 is 1.70. The predicted molar refractivity (Wildman–Crippen MR) is 93.3 cm³/mol. The van der Waals surface area contributed by atoms with E-state index in [9.17, 15) is 0 Å². The van der Waals surface area contributed by atoms with Gasteiger partial charge in [-0.05, 0) is 18.9 Å². The van der Waals surface area contributed by atoms with Crippen molar-refractivity contribution < 1.29 is 0 Å². The molecule has 0 aliphatic carbocycles. The van der Waals surface area contributed by atoms with Gasteiger partial charge in [-0.3, -0.25) is 0 Å². The summed E-state index contributed by atoms with van der Waals surface area (Å²) < 4.78 is 4.32. The Bertz CT molecular complexity index is 776. The molecule has 5 nitrogen and oxygen atoms in total. The van der Waals surface area contributed by atoms with Gasteiger partial charge < -0.3 is 9.13 Å². The van der Waals surface area contributed by atoms with Crippen LogP contribution in [0.4, 0.5) is 0 Å². The van der Waals surface area contributed by atoms with Crippen molar-refractivity contribution in [2.24, 2.45) is 7.05 Å². The first kappa shape index (κ1) is 15.8. The predicted octanol–water partition coefficient (Wildman–Crippen LogP) is 3.69. The van der Waals surface area contributed by atoms with Crippen molar-refractivity contribution in [1.29, 1.82) is 0 Å². The summed E-state index contributed by atoms with van der Waals surface area (Å²) in [6.07, 6.45) is 3.01. The van der Waals surface area contributed by atoms with Crippen molar-refractivity contribution in [3.63, 3.8) is 0 Å². The van der Waals surface area contributed by atoms with Gasteiger partial charge >= 0.3 is 0 Å². The molecule has 3 aromatic rings. The highest BCUT2D eigenvalue weighted by Crippen LogP contribution is 2.26. The molecule has 0 fully saturated rings. The molecular formula is C17H21N5S. The van der Waals surface area contributed by atoms with E-state index in [0.29, 0.717) is 0 Å². The Labute approximate surface area is 140 Å². The molecule has 0 saturated heterocycles. The molecule has 23 heavy (non-hydrogen) atoms. The summed E-state index contributed by atoms with van der Waals surface area (Å²) in [5.41, 5.74) is 2.30. The first-order valence-electron chi connectivity index (χ1n) is 7.79. The summed E-state index contributed by atoms with van der Waals surface area (Å²) in [6.45, 7) is 5.14. The molecule has 2 aromatic heterocycles. The molecule has 120 valence electrons. The summed E-state index contributed by atoms with van der Waals surface area (Å²) in [7, 11) is 2.06. The average molecular weight is 327 g/mol. The Morgan fingerprint density at radius 3 is 2.65 bits per heavy atom. The average Bonchev–Trinajstić information content (AvgIpc) is 3.11. The normalized spacial score (nSPS) is 11.1. The third kappa shape index (κ3) is 3.32. The molecule has 0 unspecified atom stereocenters. The molecule has 0 saturated carbocycles. The van der Waals surface area contributed by atoms with Crippen molar-refractivity contribution in [3.8, 4) is 11.3 Å². The Morgan fingerprint density at radius 1 is 1.13 bits per heavy atom. The van der Waals surface area contributed by atoms with Crippen LogP contribution in [0.3, 0.4) is 0 Å².